The Hall–Kier alpha value is -2.99. The molecule has 1 N–H and O–H groups in total. The van der Waals surface area contributed by atoms with Crippen LogP contribution in [0.3, 0.4) is 0 Å². The number of nitrogens with zero attached hydrogens (tertiary/aromatic N) is 2. The zero-order chi connectivity index (χ0) is 19.5. The van der Waals surface area contributed by atoms with E-state index in [4.69, 9.17) is 4.84 Å². The van der Waals surface area contributed by atoms with Crippen molar-refractivity contribution < 1.29 is 9.63 Å². The number of amides is 1. The number of thiazole rings is 1. The van der Waals surface area contributed by atoms with Gasteiger partial charge in [0.1, 0.15) is 5.71 Å². The number of hydrogen-bond acceptors (Lipinski definition) is 5. The van der Waals surface area contributed by atoms with Crippen molar-refractivity contribution >= 4 is 28.1 Å². The van der Waals surface area contributed by atoms with E-state index in [0.29, 0.717) is 23.2 Å². The fourth-order valence-corrected chi connectivity index (χ4v) is 4.09. The van der Waals surface area contributed by atoms with Crippen molar-refractivity contribution in [2.45, 2.75) is 32.3 Å². The summed E-state index contributed by atoms with van der Waals surface area (Å²) in [6.07, 6.45) is 0.230. The average molecular weight is 391 g/mol. The SMILES string of the molecule is CC(C)c1sc(NC(=O)C2=NOC(c3ccccc3)C2)nc1-c1ccccc1. The van der Waals surface area contributed by atoms with Gasteiger partial charge >= 0.3 is 0 Å². The summed E-state index contributed by atoms with van der Waals surface area (Å²) >= 11 is 1.51. The van der Waals surface area contributed by atoms with E-state index in [1.54, 1.807) is 0 Å². The predicted octanol–water partition coefficient (Wildman–Crippen LogP) is 5.39. The molecule has 2 aromatic carbocycles. The van der Waals surface area contributed by atoms with Crippen molar-refractivity contribution in [2.24, 2.45) is 5.16 Å². The van der Waals surface area contributed by atoms with Crippen molar-refractivity contribution in [1.82, 2.24) is 4.98 Å². The maximum Gasteiger partial charge on any atom is 0.275 e. The van der Waals surface area contributed by atoms with E-state index in [1.165, 1.54) is 11.3 Å². The van der Waals surface area contributed by atoms with Crippen LogP contribution in [-0.4, -0.2) is 16.6 Å². The minimum Gasteiger partial charge on any atom is -0.387 e. The Bertz CT molecular complexity index is 997. The highest BCUT2D eigenvalue weighted by Crippen LogP contribution is 2.36. The zero-order valence-corrected chi connectivity index (χ0v) is 16.6. The molecule has 4 rings (SSSR count). The first-order valence-corrected chi connectivity index (χ1v) is 10.1. The Balaban J connectivity index is 1.50. The molecule has 0 fully saturated rings. The highest BCUT2D eigenvalue weighted by atomic mass is 32.1. The lowest BCUT2D eigenvalue weighted by molar-refractivity contribution is -0.110. The number of rotatable bonds is 5. The van der Waals surface area contributed by atoms with Crippen LogP contribution in [-0.2, 0) is 9.63 Å². The topological polar surface area (TPSA) is 63.6 Å². The molecule has 142 valence electrons. The van der Waals surface area contributed by atoms with Gasteiger partial charge < -0.3 is 4.84 Å². The maximum absolute atomic E-state index is 12.7. The van der Waals surface area contributed by atoms with Gasteiger partial charge in [0.05, 0.1) is 5.69 Å². The van der Waals surface area contributed by atoms with Crippen LogP contribution in [0.15, 0.2) is 65.8 Å². The zero-order valence-electron chi connectivity index (χ0n) is 15.8. The lowest BCUT2D eigenvalue weighted by atomic mass is 10.0. The van der Waals surface area contributed by atoms with Gasteiger partial charge in [0.15, 0.2) is 11.2 Å². The second-order valence-electron chi connectivity index (χ2n) is 6.95. The molecule has 6 heteroatoms. The van der Waals surface area contributed by atoms with E-state index in [-0.39, 0.29) is 12.0 Å². The molecule has 1 unspecified atom stereocenters. The Morgan fingerprint density at radius 2 is 1.79 bits per heavy atom. The van der Waals surface area contributed by atoms with Crippen molar-refractivity contribution in [2.75, 3.05) is 5.32 Å². The quantitative estimate of drug-likeness (QED) is 0.634. The molecule has 1 atom stereocenters. The molecule has 0 bridgehead atoms. The van der Waals surface area contributed by atoms with Crippen LogP contribution >= 0.6 is 11.3 Å². The molecule has 2 heterocycles. The molecule has 1 aromatic heterocycles. The summed E-state index contributed by atoms with van der Waals surface area (Å²) in [7, 11) is 0. The minimum atomic E-state index is -0.262. The van der Waals surface area contributed by atoms with Crippen LogP contribution in [0, 0.1) is 0 Å². The van der Waals surface area contributed by atoms with Crippen molar-refractivity contribution in [3.05, 3.63) is 71.1 Å². The molecular formula is C22H21N3O2S. The summed E-state index contributed by atoms with van der Waals surface area (Å²) in [4.78, 5) is 23.9. The predicted molar refractivity (Wildman–Crippen MR) is 113 cm³/mol. The molecule has 0 saturated heterocycles. The number of carbonyl (C=O) groups excluding carboxylic acids is 1. The van der Waals surface area contributed by atoms with Gasteiger partial charge in [0.2, 0.25) is 0 Å². The van der Waals surface area contributed by atoms with Crippen LogP contribution < -0.4 is 5.32 Å². The molecule has 3 aromatic rings. The maximum atomic E-state index is 12.7. The molecule has 0 saturated carbocycles. The van der Waals surface area contributed by atoms with Crippen LogP contribution in [0.5, 0.6) is 0 Å². The third kappa shape index (κ3) is 3.82. The number of anilines is 1. The highest BCUT2D eigenvalue weighted by molar-refractivity contribution is 7.16. The van der Waals surface area contributed by atoms with Crippen LogP contribution in [0.4, 0.5) is 5.13 Å². The van der Waals surface area contributed by atoms with Crippen LogP contribution in [0.25, 0.3) is 11.3 Å². The van der Waals surface area contributed by atoms with Gasteiger partial charge in [0, 0.05) is 16.9 Å². The average Bonchev–Trinajstić information content (AvgIpc) is 3.37. The minimum absolute atomic E-state index is 0.218. The van der Waals surface area contributed by atoms with Gasteiger partial charge in [-0.2, -0.15) is 0 Å². The van der Waals surface area contributed by atoms with E-state index in [2.05, 4.69) is 29.3 Å². The smallest absolute Gasteiger partial charge is 0.275 e. The fraction of sp³-hybridized carbons (Fsp3) is 0.227. The number of nitrogens with one attached hydrogen (secondary N) is 1. The summed E-state index contributed by atoms with van der Waals surface area (Å²) in [6, 6.07) is 19.8. The van der Waals surface area contributed by atoms with E-state index < -0.39 is 0 Å². The van der Waals surface area contributed by atoms with E-state index in [0.717, 1.165) is 21.7 Å². The molecule has 1 aliphatic rings. The van der Waals surface area contributed by atoms with Crippen LogP contribution in [0.2, 0.25) is 0 Å². The summed E-state index contributed by atoms with van der Waals surface area (Å²) in [5.41, 5.74) is 3.37. The molecular weight excluding hydrogens is 370 g/mol. The Kier molecular flexibility index (Phi) is 5.21. The number of hydrogen-bond donors (Lipinski definition) is 1. The lowest BCUT2D eigenvalue weighted by Gasteiger charge is -2.07. The number of benzene rings is 2. The van der Waals surface area contributed by atoms with Gasteiger partial charge in [-0.15, -0.1) is 11.3 Å². The van der Waals surface area contributed by atoms with Crippen LogP contribution in [0.1, 0.15) is 42.7 Å². The largest absolute Gasteiger partial charge is 0.387 e. The van der Waals surface area contributed by atoms with Gasteiger partial charge in [0.25, 0.3) is 5.91 Å². The molecule has 28 heavy (non-hydrogen) atoms. The monoisotopic (exact) mass is 391 g/mol. The Morgan fingerprint density at radius 3 is 2.46 bits per heavy atom. The number of aromatic nitrogens is 1. The van der Waals surface area contributed by atoms with Crippen molar-refractivity contribution in [3.8, 4) is 11.3 Å². The second kappa shape index (κ2) is 7.94. The third-order valence-corrected chi connectivity index (χ3v) is 5.82. The third-order valence-electron chi connectivity index (χ3n) is 4.55. The van der Waals surface area contributed by atoms with E-state index in [9.17, 15) is 4.79 Å². The highest BCUT2D eigenvalue weighted by Gasteiger charge is 2.28. The van der Waals surface area contributed by atoms with E-state index >= 15 is 0 Å². The summed E-state index contributed by atoms with van der Waals surface area (Å²) in [6.45, 7) is 4.26. The first kappa shape index (κ1) is 18.4. The Labute approximate surface area is 168 Å². The summed E-state index contributed by atoms with van der Waals surface area (Å²) in [5, 5.41) is 7.47. The fourth-order valence-electron chi connectivity index (χ4n) is 3.11. The van der Waals surface area contributed by atoms with Gasteiger partial charge in [-0.25, -0.2) is 4.98 Å². The number of carbonyl (C=O) groups is 1. The normalized spacial score (nSPS) is 16.0. The lowest BCUT2D eigenvalue weighted by Crippen LogP contribution is -2.21. The second-order valence-corrected chi connectivity index (χ2v) is 7.98. The molecule has 1 aliphatic heterocycles. The van der Waals surface area contributed by atoms with E-state index in [1.807, 2.05) is 60.7 Å². The summed E-state index contributed by atoms with van der Waals surface area (Å²) < 4.78 is 0. The molecule has 0 radical (unpaired) electrons. The number of oxime groups is 1. The first-order chi connectivity index (χ1) is 13.6. The standard InChI is InChI=1S/C22H21N3O2S/c1-14(2)20-19(16-11-7-4-8-12-16)23-22(28-20)24-21(26)17-13-18(27-25-17)15-9-5-3-6-10-15/h3-12,14,18H,13H2,1-2H3,(H,23,24,26). The molecule has 5 nitrogen and oxygen atoms in total. The molecule has 0 aliphatic carbocycles. The van der Waals surface area contributed by atoms with Crippen molar-refractivity contribution in [1.29, 1.82) is 0 Å². The van der Waals surface area contributed by atoms with Gasteiger partial charge in [-0.3, -0.25) is 10.1 Å². The van der Waals surface area contributed by atoms with Gasteiger partial charge in [-0.1, -0.05) is 79.7 Å². The van der Waals surface area contributed by atoms with Crippen molar-refractivity contribution in [3.63, 3.8) is 0 Å². The Morgan fingerprint density at radius 1 is 1.11 bits per heavy atom. The molecule has 1 amide bonds. The van der Waals surface area contributed by atoms with Gasteiger partial charge in [-0.05, 0) is 11.5 Å². The summed E-state index contributed by atoms with van der Waals surface area (Å²) in [5.74, 6) is 0.0510. The molecule has 0 spiro atoms. The first-order valence-electron chi connectivity index (χ1n) is 9.27.